The molecule has 0 saturated heterocycles. The van der Waals surface area contributed by atoms with E-state index in [4.69, 9.17) is 0 Å². The van der Waals surface area contributed by atoms with Gasteiger partial charge in [-0.25, -0.2) is 4.57 Å². The lowest BCUT2D eigenvalue weighted by Gasteiger charge is -2.30. The first-order chi connectivity index (χ1) is 15.1. The van der Waals surface area contributed by atoms with Gasteiger partial charge in [0.2, 0.25) is 0 Å². The smallest absolute Gasteiger partial charge is 0.174 e. The number of hydrogen-bond donors (Lipinski definition) is 0. The first kappa shape index (κ1) is 32.3. The fourth-order valence-corrected chi connectivity index (χ4v) is 4.52. The van der Waals surface area contributed by atoms with Crippen molar-refractivity contribution in [2.75, 3.05) is 20.6 Å². The molecule has 0 fully saturated rings. The van der Waals surface area contributed by atoms with Crippen molar-refractivity contribution in [1.29, 1.82) is 0 Å². The second-order valence-electron chi connectivity index (χ2n) is 10.0. The Morgan fingerprint density at radius 1 is 0.606 bits per heavy atom. The molecule has 0 aliphatic carbocycles. The molecule has 0 atom stereocenters. The minimum atomic E-state index is 0. The maximum Gasteiger partial charge on any atom is 0.174 e. The molecule has 1 aromatic heterocycles. The number of quaternary nitrogens is 1. The van der Waals surface area contributed by atoms with Crippen LogP contribution in [-0.4, -0.2) is 25.1 Å². The van der Waals surface area contributed by atoms with Crippen molar-refractivity contribution in [2.24, 2.45) is 0 Å². The summed E-state index contributed by atoms with van der Waals surface area (Å²) in [6, 6.07) is 15.3. The van der Waals surface area contributed by atoms with Crippen molar-refractivity contribution in [3.05, 3.63) is 66.0 Å². The van der Waals surface area contributed by atoms with Gasteiger partial charge in [0.1, 0.15) is 6.54 Å². The van der Waals surface area contributed by atoms with Crippen molar-refractivity contribution in [3.63, 3.8) is 0 Å². The zero-order chi connectivity index (χ0) is 22.2. The first-order valence-corrected chi connectivity index (χ1v) is 12.9. The van der Waals surface area contributed by atoms with E-state index in [-0.39, 0.29) is 34.0 Å². The van der Waals surface area contributed by atoms with Crippen LogP contribution in [0.5, 0.6) is 0 Å². The highest BCUT2D eigenvalue weighted by atomic mass is 79.9. The third-order valence-corrected chi connectivity index (χ3v) is 6.46. The normalized spacial score (nSPS) is 11.0. The first-order valence-electron chi connectivity index (χ1n) is 12.9. The third-order valence-electron chi connectivity index (χ3n) is 6.46. The highest BCUT2D eigenvalue weighted by Crippen LogP contribution is 2.17. The number of benzene rings is 1. The third kappa shape index (κ3) is 15.0. The van der Waals surface area contributed by atoms with Crippen LogP contribution in [0.25, 0.3) is 0 Å². The van der Waals surface area contributed by atoms with Crippen LogP contribution >= 0.6 is 0 Å². The van der Waals surface area contributed by atoms with Crippen molar-refractivity contribution in [3.8, 4) is 0 Å². The molecule has 2 rings (SSSR count). The highest BCUT2D eigenvalue weighted by Gasteiger charge is 2.18. The van der Waals surface area contributed by atoms with Gasteiger partial charge in [-0.15, -0.1) is 0 Å². The van der Waals surface area contributed by atoms with Crippen LogP contribution in [0.4, 0.5) is 0 Å². The van der Waals surface area contributed by atoms with E-state index in [2.05, 4.69) is 80.4 Å². The summed E-state index contributed by atoms with van der Waals surface area (Å²) in [5.74, 6) is 0. The zero-order valence-electron chi connectivity index (χ0n) is 21.5. The summed E-state index contributed by atoms with van der Waals surface area (Å²) in [6.45, 7) is 5.63. The van der Waals surface area contributed by atoms with Crippen LogP contribution in [-0.2, 0) is 13.1 Å². The summed E-state index contributed by atoms with van der Waals surface area (Å²) in [4.78, 5) is 0. The van der Waals surface area contributed by atoms with Gasteiger partial charge >= 0.3 is 0 Å². The molecule has 188 valence electrons. The van der Waals surface area contributed by atoms with E-state index in [1.165, 1.54) is 94.7 Å². The molecule has 0 bridgehead atoms. The molecule has 0 radical (unpaired) electrons. The maximum atomic E-state index is 2.39. The lowest BCUT2D eigenvalue weighted by atomic mass is 10.0. The summed E-state index contributed by atoms with van der Waals surface area (Å²) >= 11 is 0. The number of nitrogens with zero attached hydrogens (tertiary/aromatic N) is 2. The molecule has 0 spiro atoms. The predicted molar refractivity (Wildman–Crippen MR) is 134 cm³/mol. The quantitative estimate of drug-likeness (QED) is 0.150. The van der Waals surface area contributed by atoms with Gasteiger partial charge in [-0.2, -0.15) is 0 Å². The molecule has 0 unspecified atom stereocenters. The summed E-state index contributed by atoms with van der Waals surface area (Å²) in [5.41, 5.74) is 2.93. The van der Waals surface area contributed by atoms with Crippen molar-refractivity contribution in [2.45, 2.75) is 97.1 Å². The molecular formula is C29H48Br2N2. The molecule has 2 aromatic rings. The molecule has 33 heavy (non-hydrogen) atoms. The van der Waals surface area contributed by atoms with Crippen LogP contribution in [0.2, 0.25) is 0 Å². The van der Waals surface area contributed by atoms with E-state index < -0.39 is 0 Å². The predicted octanol–water partition coefficient (Wildman–Crippen LogP) is 1.31. The number of unbranched alkanes of at least 4 members (excludes halogenated alkanes) is 11. The van der Waals surface area contributed by atoms with Crippen molar-refractivity contribution >= 4 is 0 Å². The molecule has 0 N–H and O–H groups in total. The minimum absolute atomic E-state index is 0. The molecular weight excluding hydrogens is 536 g/mol. The number of hydrogen-bond acceptors (Lipinski definition) is 0. The average molecular weight is 585 g/mol. The molecule has 2 nitrogen and oxygen atoms in total. The van der Waals surface area contributed by atoms with Gasteiger partial charge in [0, 0.05) is 23.3 Å². The van der Waals surface area contributed by atoms with E-state index in [0.29, 0.717) is 0 Å². The fourth-order valence-electron chi connectivity index (χ4n) is 4.52. The topological polar surface area (TPSA) is 3.88 Å². The van der Waals surface area contributed by atoms with Crippen molar-refractivity contribution in [1.82, 2.24) is 0 Å². The second kappa shape index (κ2) is 19.6. The zero-order valence-corrected chi connectivity index (χ0v) is 24.6. The van der Waals surface area contributed by atoms with E-state index in [1.807, 2.05) is 0 Å². The molecule has 1 heterocycles. The molecule has 0 amide bonds. The molecule has 0 aliphatic heterocycles. The van der Waals surface area contributed by atoms with E-state index in [0.717, 1.165) is 17.6 Å². The number of pyridine rings is 1. The summed E-state index contributed by atoms with van der Waals surface area (Å²) in [7, 11) is 4.79. The highest BCUT2D eigenvalue weighted by molar-refractivity contribution is 5.25. The molecule has 0 saturated carbocycles. The number of rotatable bonds is 17. The second-order valence-corrected chi connectivity index (χ2v) is 10.0. The van der Waals surface area contributed by atoms with Crippen LogP contribution in [0.3, 0.4) is 0 Å². The summed E-state index contributed by atoms with van der Waals surface area (Å²) in [6.07, 6.45) is 21.4. The summed E-state index contributed by atoms with van der Waals surface area (Å²) in [5, 5.41) is 0. The Bertz CT molecular complexity index is 704. The maximum absolute atomic E-state index is 2.39. The monoisotopic (exact) mass is 582 g/mol. The Kier molecular flexibility index (Phi) is 19.2. The van der Waals surface area contributed by atoms with E-state index in [1.54, 1.807) is 0 Å². The standard InChI is InChI=1S/C29H48N2.2BrH/c1-4-5-6-7-8-9-10-11-12-13-14-20-25-31(2,3)27-29-22-17-16-21-28(29)26-30-23-18-15-19-24-30;;/h15-19,21-24H,4-14,20,25-27H2,1-3H3;2*1H/q+2;;/p-2. The molecule has 0 aliphatic rings. The summed E-state index contributed by atoms with van der Waals surface area (Å²) < 4.78 is 3.35. The number of aromatic nitrogens is 1. The van der Waals surface area contributed by atoms with Crippen LogP contribution < -0.4 is 38.5 Å². The van der Waals surface area contributed by atoms with Gasteiger partial charge in [0.25, 0.3) is 0 Å². The SMILES string of the molecule is CCCCCCCCCCCCCC[N+](C)(C)Cc1ccccc1C[n+]1ccccc1.[Br-].[Br-]. The number of halogens is 2. The van der Waals surface area contributed by atoms with Gasteiger partial charge < -0.3 is 38.4 Å². The average Bonchev–Trinajstić information content (AvgIpc) is 2.76. The largest absolute Gasteiger partial charge is 1.00 e. The van der Waals surface area contributed by atoms with Crippen molar-refractivity contribution < 1.29 is 43.0 Å². The molecule has 1 aromatic carbocycles. The van der Waals surface area contributed by atoms with Gasteiger partial charge in [-0.05, 0) is 12.8 Å². The molecule has 4 heteroatoms. The Morgan fingerprint density at radius 3 is 1.64 bits per heavy atom. The van der Waals surface area contributed by atoms with E-state index in [9.17, 15) is 0 Å². The van der Waals surface area contributed by atoms with Gasteiger partial charge in [-0.1, -0.05) is 101 Å². The minimum Gasteiger partial charge on any atom is -1.00 e. The Morgan fingerprint density at radius 2 is 1.09 bits per heavy atom. The van der Waals surface area contributed by atoms with E-state index >= 15 is 0 Å². The Hall–Kier alpha value is -0.710. The van der Waals surface area contributed by atoms with Gasteiger partial charge in [-0.3, -0.25) is 0 Å². The Labute approximate surface area is 225 Å². The lowest BCUT2D eigenvalue weighted by Crippen LogP contribution is -3.00. The fraction of sp³-hybridized carbons (Fsp3) is 0.621. The van der Waals surface area contributed by atoms with Crippen LogP contribution in [0.15, 0.2) is 54.9 Å². The Balaban J connectivity index is 0.00000512. The lowest BCUT2D eigenvalue weighted by molar-refractivity contribution is -0.904. The van der Waals surface area contributed by atoms with Crippen LogP contribution in [0, 0.1) is 0 Å². The van der Waals surface area contributed by atoms with Gasteiger partial charge in [0.15, 0.2) is 18.9 Å². The van der Waals surface area contributed by atoms with Gasteiger partial charge in [0.05, 0.1) is 20.6 Å². The van der Waals surface area contributed by atoms with Crippen LogP contribution in [0.1, 0.15) is 95.1 Å².